The van der Waals surface area contributed by atoms with E-state index < -0.39 is 0 Å². The second-order valence-corrected chi connectivity index (χ2v) is 6.45. The minimum Gasteiger partial charge on any atom is -0.103 e. The van der Waals surface area contributed by atoms with Gasteiger partial charge in [-0.1, -0.05) is 66.6 Å². The van der Waals surface area contributed by atoms with E-state index in [1.807, 2.05) is 12.2 Å². The van der Waals surface area contributed by atoms with Gasteiger partial charge >= 0.3 is 0 Å². The lowest BCUT2D eigenvalue weighted by atomic mass is 10.0. The molecule has 0 fully saturated rings. The predicted molar refractivity (Wildman–Crippen MR) is 88.5 cm³/mol. The van der Waals surface area contributed by atoms with E-state index >= 15 is 0 Å². The molecule has 0 unspecified atom stereocenters. The zero-order chi connectivity index (χ0) is 13.5. The van der Waals surface area contributed by atoms with Gasteiger partial charge < -0.3 is 0 Å². The molecule has 0 aliphatic rings. The molecule has 0 amide bonds. The fourth-order valence-corrected chi connectivity index (χ4v) is 2.81. The molecular formula is C17H31Br. The van der Waals surface area contributed by atoms with Crippen molar-refractivity contribution in [2.75, 3.05) is 0 Å². The first-order valence-electron chi connectivity index (χ1n) is 7.67. The monoisotopic (exact) mass is 314 g/mol. The predicted octanol–water partition coefficient (Wildman–Crippen LogP) is 6.80. The molecule has 0 aromatic carbocycles. The highest BCUT2D eigenvalue weighted by molar-refractivity contribution is 9.09. The van der Waals surface area contributed by atoms with Crippen LogP contribution in [0.4, 0.5) is 0 Å². The minimum absolute atomic E-state index is 0.747. The molecule has 0 rings (SSSR count). The number of rotatable bonds is 14. The zero-order valence-electron chi connectivity index (χ0n) is 12.0. The Kier molecular flexibility index (Phi) is 15.0. The molecule has 0 radical (unpaired) electrons. The highest BCUT2D eigenvalue weighted by Gasteiger charge is 2.03. The smallest absolute Gasteiger partial charge is 0.0145 e. The van der Waals surface area contributed by atoms with E-state index in [4.69, 9.17) is 0 Å². The summed E-state index contributed by atoms with van der Waals surface area (Å²) in [5.41, 5.74) is 0. The van der Waals surface area contributed by atoms with Crippen LogP contribution in [-0.2, 0) is 0 Å². The van der Waals surface area contributed by atoms with Crippen LogP contribution in [0.5, 0.6) is 0 Å². The Morgan fingerprint density at radius 1 is 0.667 bits per heavy atom. The van der Waals surface area contributed by atoms with Crippen molar-refractivity contribution in [3.8, 4) is 0 Å². The Bertz CT molecular complexity index is 166. The molecule has 0 aliphatic heterocycles. The van der Waals surface area contributed by atoms with E-state index in [0.29, 0.717) is 0 Å². The molecule has 1 heteroatoms. The van der Waals surface area contributed by atoms with Crippen molar-refractivity contribution in [1.29, 1.82) is 0 Å². The quantitative estimate of drug-likeness (QED) is 0.188. The summed E-state index contributed by atoms with van der Waals surface area (Å²) < 4.78 is 0. The molecule has 0 heterocycles. The Labute approximate surface area is 123 Å². The highest BCUT2D eigenvalue weighted by atomic mass is 79.9. The third-order valence-electron chi connectivity index (χ3n) is 3.35. The van der Waals surface area contributed by atoms with Crippen molar-refractivity contribution < 1.29 is 0 Å². The van der Waals surface area contributed by atoms with Gasteiger partial charge in [-0.2, -0.15) is 0 Å². The summed E-state index contributed by atoms with van der Waals surface area (Å²) in [5, 5.41) is 0. The number of hydrogen-bond acceptors (Lipinski definition) is 0. The summed E-state index contributed by atoms with van der Waals surface area (Å²) >= 11 is 3.81. The van der Waals surface area contributed by atoms with Gasteiger partial charge in [0.2, 0.25) is 0 Å². The fourth-order valence-electron chi connectivity index (χ4n) is 2.16. The molecule has 0 bridgehead atoms. The summed E-state index contributed by atoms with van der Waals surface area (Å²) in [6.45, 7) is 7.51. The van der Waals surface area contributed by atoms with Crippen LogP contribution in [0, 0.1) is 0 Å². The molecule has 106 valence electrons. The molecule has 0 aromatic heterocycles. The summed E-state index contributed by atoms with van der Waals surface area (Å²) in [7, 11) is 0. The average molecular weight is 315 g/mol. The number of hydrogen-bond donors (Lipinski definition) is 0. The van der Waals surface area contributed by atoms with Crippen molar-refractivity contribution >= 4 is 15.9 Å². The topological polar surface area (TPSA) is 0 Å². The van der Waals surface area contributed by atoms with Gasteiger partial charge in [-0.25, -0.2) is 0 Å². The maximum Gasteiger partial charge on any atom is 0.0145 e. The van der Waals surface area contributed by atoms with Gasteiger partial charge in [-0.05, 0) is 38.5 Å². The standard InChI is InChI=1S/C17H31Br/c1-3-5-7-9-11-13-15-17(18)16-14-12-10-8-6-4-2/h3-4,17H,1-2,5-16H2. The number of unbranched alkanes of at least 4 members (excludes halogenated alkanes) is 8. The van der Waals surface area contributed by atoms with Crippen LogP contribution in [-0.4, -0.2) is 4.83 Å². The summed E-state index contributed by atoms with van der Waals surface area (Å²) in [6, 6.07) is 0. The van der Waals surface area contributed by atoms with Crippen molar-refractivity contribution in [2.24, 2.45) is 0 Å². The lowest BCUT2D eigenvalue weighted by Crippen LogP contribution is -1.97. The molecule has 0 nitrogen and oxygen atoms in total. The first-order valence-corrected chi connectivity index (χ1v) is 8.58. The Hall–Kier alpha value is -0.0400. The first kappa shape index (κ1) is 18.0. The third-order valence-corrected chi connectivity index (χ3v) is 4.27. The van der Waals surface area contributed by atoms with Crippen LogP contribution >= 0.6 is 15.9 Å². The number of halogens is 1. The van der Waals surface area contributed by atoms with Crippen molar-refractivity contribution in [3.05, 3.63) is 25.3 Å². The van der Waals surface area contributed by atoms with Crippen LogP contribution in [0.15, 0.2) is 25.3 Å². The van der Waals surface area contributed by atoms with Crippen LogP contribution < -0.4 is 0 Å². The Balaban J connectivity index is 3.14. The molecule has 0 N–H and O–H groups in total. The van der Waals surface area contributed by atoms with Gasteiger partial charge in [0.1, 0.15) is 0 Å². The van der Waals surface area contributed by atoms with Crippen LogP contribution in [0.2, 0.25) is 0 Å². The second-order valence-electron chi connectivity index (χ2n) is 5.16. The summed E-state index contributed by atoms with van der Waals surface area (Å²) in [5.74, 6) is 0. The molecule has 0 aromatic rings. The molecule has 0 spiro atoms. The van der Waals surface area contributed by atoms with Crippen molar-refractivity contribution in [3.63, 3.8) is 0 Å². The zero-order valence-corrected chi connectivity index (χ0v) is 13.6. The Morgan fingerprint density at radius 2 is 1.06 bits per heavy atom. The molecule has 0 saturated carbocycles. The van der Waals surface area contributed by atoms with E-state index in [-0.39, 0.29) is 0 Å². The minimum atomic E-state index is 0.747. The molecule has 0 aliphatic carbocycles. The van der Waals surface area contributed by atoms with E-state index in [9.17, 15) is 0 Å². The first-order chi connectivity index (χ1) is 8.81. The van der Waals surface area contributed by atoms with E-state index in [1.54, 1.807) is 0 Å². The van der Waals surface area contributed by atoms with E-state index in [0.717, 1.165) is 4.83 Å². The average Bonchev–Trinajstić information content (AvgIpc) is 2.38. The largest absolute Gasteiger partial charge is 0.103 e. The van der Waals surface area contributed by atoms with Gasteiger partial charge in [-0.3, -0.25) is 0 Å². The number of allylic oxidation sites excluding steroid dienone is 2. The van der Waals surface area contributed by atoms with Gasteiger partial charge in [0.15, 0.2) is 0 Å². The van der Waals surface area contributed by atoms with Gasteiger partial charge in [-0.15, -0.1) is 13.2 Å². The van der Waals surface area contributed by atoms with Gasteiger partial charge in [0.05, 0.1) is 0 Å². The lowest BCUT2D eigenvalue weighted by molar-refractivity contribution is 0.560. The van der Waals surface area contributed by atoms with E-state index in [1.165, 1.54) is 77.0 Å². The molecule has 18 heavy (non-hydrogen) atoms. The highest BCUT2D eigenvalue weighted by Crippen LogP contribution is 2.19. The SMILES string of the molecule is C=CCCCCCCC(Br)CCCCCCC=C. The lowest BCUT2D eigenvalue weighted by Gasteiger charge is -2.09. The Morgan fingerprint density at radius 3 is 1.44 bits per heavy atom. The fraction of sp³-hybridized carbons (Fsp3) is 0.765. The summed E-state index contributed by atoms with van der Waals surface area (Å²) in [4.78, 5) is 0.747. The maximum absolute atomic E-state index is 3.81. The van der Waals surface area contributed by atoms with Crippen LogP contribution in [0.3, 0.4) is 0 Å². The molecule has 0 saturated heterocycles. The molecular weight excluding hydrogens is 284 g/mol. The van der Waals surface area contributed by atoms with Gasteiger partial charge in [0, 0.05) is 4.83 Å². The van der Waals surface area contributed by atoms with Crippen LogP contribution in [0.1, 0.15) is 77.0 Å². The molecule has 0 atom stereocenters. The third kappa shape index (κ3) is 14.0. The van der Waals surface area contributed by atoms with Crippen molar-refractivity contribution in [1.82, 2.24) is 0 Å². The second kappa shape index (κ2) is 15.0. The summed E-state index contributed by atoms with van der Waals surface area (Å²) in [6.07, 6.45) is 20.0. The van der Waals surface area contributed by atoms with Crippen molar-refractivity contribution in [2.45, 2.75) is 81.9 Å². The van der Waals surface area contributed by atoms with Crippen LogP contribution in [0.25, 0.3) is 0 Å². The van der Waals surface area contributed by atoms with E-state index in [2.05, 4.69) is 29.1 Å². The normalized spacial score (nSPS) is 10.8. The maximum atomic E-state index is 3.81. The van der Waals surface area contributed by atoms with Gasteiger partial charge in [0.25, 0.3) is 0 Å². The number of alkyl halides is 1.